The molecule has 0 N–H and O–H groups in total. The Morgan fingerprint density at radius 1 is 0.355 bits per heavy atom. The molecule has 1 atom stereocenters. The normalized spacial score (nSPS) is 12.6. The minimum atomic E-state index is -0.550. The SMILES string of the molecule is CCC/C=C\C/C=C\CCCCCCCC(=O)OC(COCCCCCCCCCC/C=C\C/C=C\CCCCC)COC(=O)CCCCCCC/C=C\CCCCCCCC. The van der Waals surface area contributed by atoms with E-state index in [1.54, 1.807) is 0 Å². The van der Waals surface area contributed by atoms with Gasteiger partial charge in [-0.2, -0.15) is 0 Å². The van der Waals surface area contributed by atoms with E-state index in [1.807, 2.05) is 0 Å². The summed E-state index contributed by atoms with van der Waals surface area (Å²) in [5.74, 6) is -0.420. The highest BCUT2D eigenvalue weighted by Crippen LogP contribution is 2.14. The lowest BCUT2D eigenvalue weighted by Crippen LogP contribution is -2.30. The van der Waals surface area contributed by atoms with Gasteiger partial charge in [0, 0.05) is 19.4 Å². The molecule has 62 heavy (non-hydrogen) atoms. The van der Waals surface area contributed by atoms with E-state index < -0.39 is 6.10 Å². The van der Waals surface area contributed by atoms with Crippen molar-refractivity contribution in [1.82, 2.24) is 0 Å². The Labute approximate surface area is 385 Å². The van der Waals surface area contributed by atoms with Crippen LogP contribution in [0, 0.1) is 0 Å². The molecule has 0 heterocycles. The number of esters is 2. The van der Waals surface area contributed by atoms with Gasteiger partial charge < -0.3 is 14.2 Å². The van der Waals surface area contributed by atoms with Crippen molar-refractivity contribution in [1.29, 1.82) is 0 Å². The number of carbonyl (C=O) groups is 2. The van der Waals surface area contributed by atoms with Gasteiger partial charge >= 0.3 is 11.9 Å². The average molecular weight is 867 g/mol. The summed E-state index contributed by atoms with van der Waals surface area (Å²) in [4.78, 5) is 25.4. The summed E-state index contributed by atoms with van der Waals surface area (Å²) >= 11 is 0. The topological polar surface area (TPSA) is 61.8 Å². The Bertz CT molecular complexity index is 1070. The molecule has 0 aliphatic carbocycles. The number of unbranched alkanes of at least 4 members (excludes halogenated alkanes) is 28. The molecule has 0 aliphatic rings. The largest absolute Gasteiger partial charge is 0.462 e. The lowest BCUT2D eigenvalue weighted by atomic mass is 10.1. The highest BCUT2D eigenvalue weighted by Gasteiger charge is 2.17. The maximum Gasteiger partial charge on any atom is 0.306 e. The maximum absolute atomic E-state index is 12.8. The zero-order valence-electron chi connectivity index (χ0n) is 41.4. The minimum absolute atomic E-state index is 0.0729. The summed E-state index contributed by atoms with van der Waals surface area (Å²) in [5, 5.41) is 0. The second-order valence-corrected chi connectivity index (χ2v) is 17.8. The number of hydrogen-bond acceptors (Lipinski definition) is 5. The van der Waals surface area contributed by atoms with Gasteiger partial charge in [0.15, 0.2) is 6.10 Å². The van der Waals surface area contributed by atoms with Crippen LogP contribution >= 0.6 is 0 Å². The maximum atomic E-state index is 12.8. The Morgan fingerprint density at radius 3 is 1.18 bits per heavy atom. The summed E-state index contributed by atoms with van der Waals surface area (Å²) in [6, 6.07) is 0. The van der Waals surface area contributed by atoms with Crippen molar-refractivity contribution in [3.8, 4) is 0 Å². The highest BCUT2D eigenvalue weighted by molar-refractivity contribution is 5.70. The van der Waals surface area contributed by atoms with E-state index in [0.29, 0.717) is 19.4 Å². The molecule has 0 fully saturated rings. The van der Waals surface area contributed by atoms with Crippen molar-refractivity contribution in [2.75, 3.05) is 19.8 Å². The first-order valence-electron chi connectivity index (χ1n) is 26.8. The van der Waals surface area contributed by atoms with Crippen LogP contribution in [0.2, 0.25) is 0 Å². The third kappa shape index (κ3) is 50.2. The van der Waals surface area contributed by atoms with E-state index in [0.717, 1.165) is 77.0 Å². The molecule has 0 rings (SSSR count). The van der Waals surface area contributed by atoms with Crippen molar-refractivity contribution < 1.29 is 23.8 Å². The Hall–Kier alpha value is -2.40. The second-order valence-electron chi connectivity index (χ2n) is 17.8. The molecule has 0 amide bonds. The van der Waals surface area contributed by atoms with E-state index in [1.165, 1.54) is 154 Å². The molecular weight excluding hydrogens is 765 g/mol. The summed E-state index contributed by atoms with van der Waals surface area (Å²) < 4.78 is 17.4. The number of ether oxygens (including phenoxy) is 3. The zero-order chi connectivity index (χ0) is 44.9. The average Bonchev–Trinajstić information content (AvgIpc) is 3.27. The van der Waals surface area contributed by atoms with E-state index in [9.17, 15) is 9.59 Å². The first kappa shape index (κ1) is 59.6. The predicted molar refractivity (Wildman–Crippen MR) is 270 cm³/mol. The Kier molecular flexibility index (Phi) is 50.9. The molecule has 0 aromatic rings. The van der Waals surface area contributed by atoms with E-state index >= 15 is 0 Å². The van der Waals surface area contributed by atoms with E-state index in [4.69, 9.17) is 14.2 Å². The van der Waals surface area contributed by atoms with Crippen LogP contribution in [0.1, 0.15) is 265 Å². The molecule has 5 heteroatoms. The van der Waals surface area contributed by atoms with Gasteiger partial charge in [-0.1, -0.05) is 210 Å². The fourth-order valence-corrected chi connectivity index (χ4v) is 7.46. The summed E-state index contributed by atoms with van der Waals surface area (Å²) in [7, 11) is 0. The summed E-state index contributed by atoms with van der Waals surface area (Å²) in [5.41, 5.74) is 0. The summed E-state index contributed by atoms with van der Waals surface area (Å²) in [6.07, 6.45) is 66.6. The van der Waals surface area contributed by atoms with Crippen LogP contribution in [-0.2, 0) is 23.8 Å². The fraction of sp³-hybridized carbons (Fsp3) is 0.789. The number of rotatable bonds is 49. The Balaban J connectivity index is 4.28. The van der Waals surface area contributed by atoms with Gasteiger partial charge in [-0.05, 0) is 103 Å². The quantitative estimate of drug-likeness (QED) is 0.0346. The number of carbonyl (C=O) groups excluding carboxylic acids is 2. The first-order chi connectivity index (χ1) is 30.6. The molecule has 0 saturated carbocycles. The van der Waals surface area contributed by atoms with Crippen LogP contribution in [0.5, 0.6) is 0 Å². The van der Waals surface area contributed by atoms with Crippen LogP contribution in [0.25, 0.3) is 0 Å². The molecule has 0 radical (unpaired) electrons. The van der Waals surface area contributed by atoms with Crippen LogP contribution in [-0.4, -0.2) is 37.9 Å². The lowest BCUT2D eigenvalue weighted by Gasteiger charge is -2.18. The van der Waals surface area contributed by atoms with Gasteiger partial charge in [0.25, 0.3) is 0 Å². The molecule has 0 bridgehead atoms. The lowest BCUT2D eigenvalue weighted by molar-refractivity contribution is -0.163. The molecule has 1 unspecified atom stereocenters. The summed E-state index contributed by atoms with van der Waals surface area (Å²) in [6.45, 7) is 7.72. The third-order valence-electron chi connectivity index (χ3n) is 11.5. The molecular formula is C57H102O5. The first-order valence-corrected chi connectivity index (χ1v) is 26.8. The molecule has 0 aromatic carbocycles. The predicted octanol–water partition coefficient (Wildman–Crippen LogP) is 18.1. The molecule has 0 saturated heterocycles. The van der Waals surface area contributed by atoms with Crippen molar-refractivity contribution in [3.05, 3.63) is 60.8 Å². The van der Waals surface area contributed by atoms with Gasteiger partial charge in [0.2, 0.25) is 0 Å². The molecule has 360 valence electrons. The smallest absolute Gasteiger partial charge is 0.306 e. The van der Waals surface area contributed by atoms with Crippen LogP contribution < -0.4 is 0 Å². The van der Waals surface area contributed by atoms with Crippen molar-refractivity contribution >= 4 is 11.9 Å². The third-order valence-corrected chi connectivity index (χ3v) is 11.5. The second kappa shape index (κ2) is 52.9. The molecule has 0 aliphatic heterocycles. The molecule has 5 nitrogen and oxygen atoms in total. The van der Waals surface area contributed by atoms with E-state index in [2.05, 4.69) is 81.5 Å². The van der Waals surface area contributed by atoms with Crippen molar-refractivity contribution in [2.24, 2.45) is 0 Å². The standard InChI is InChI=1S/C57H102O5/c1-4-7-10-13-16-19-22-25-27-28-29-31-34-37-40-43-46-49-52-60-53-55(62-57(59)51-48-45-42-39-36-32-24-21-18-15-12-9-6-3)54-61-56(58)50-47-44-41-38-35-33-30-26-23-20-17-14-11-8-5-2/h12,15-16,19,21,24-27,30,55H,4-11,13-14,17-18,20,22-23,28-29,31-54H2,1-3H3/b15-12-,19-16-,24-21-,27-25-,30-26-. The molecule has 0 aromatic heterocycles. The van der Waals surface area contributed by atoms with Crippen LogP contribution in [0.4, 0.5) is 0 Å². The van der Waals surface area contributed by atoms with Crippen LogP contribution in [0.3, 0.4) is 0 Å². The number of hydrogen-bond donors (Lipinski definition) is 0. The van der Waals surface area contributed by atoms with Gasteiger partial charge in [-0.15, -0.1) is 0 Å². The fourth-order valence-electron chi connectivity index (χ4n) is 7.46. The minimum Gasteiger partial charge on any atom is -0.462 e. The van der Waals surface area contributed by atoms with Crippen molar-refractivity contribution in [3.63, 3.8) is 0 Å². The van der Waals surface area contributed by atoms with Crippen LogP contribution in [0.15, 0.2) is 60.8 Å². The Morgan fingerprint density at radius 2 is 0.710 bits per heavy atom. The van der Waals surface area contributed by atoms with Crippen molar-refractivity contribution in [2.45, 2.75) is 271 Å². The van der Waals surface area contributed by atoms with E-state index in [-0.39, 0.29) is 25.2 Å². The van der Waals surface area contributed by atoms with Gasteiger partial charge in [-0.3, -0.25) is 9.59 Å². The zero-order valence-corrected chi connectivity index (χ0v) is 41.4. The number of allylic oxidation sites excluding steroid dienone is 10. The monoisotopic (exact) mass is 867 g/mol. The van der Waals surface area contributed by atoms with Gasteiger partial charge in [0.1, 0.15) is 6.61 Å². The van der Waals surface area contributed by atoms with Gasteiger partial charge in [-0.25, -0.2) is 0 Å². The highest BCUT2D eigenvalue weighted by atomic mass is 16.6. The van der Waals surface area contributed by atoms with Gasteiger partial charge in [0.05, 0.1) is 6.61 Å². The molecule has 0 spiro atoms.